The quantitative estimate of drug-likeness (QED) is 0.616. The molecule has 1 aliphatic carbocycles. The second-order valence-corrected chi connectivity index (χ2v) is 5.95. The molecule has 1 aromatic rings. The summed E-state index contributed by atoms with van der Waals surface area (Å²) in [5, 5.41) is 3.61. The van der Waals surface area contributed by atoms with Crippen LogP contribution < -0.4 is 5.32 Å². The molecule has 0 radical (unpaired) electrons. The summed E-state index contributed by atoms with van der Waals surface area (Å²) < 4.78 is 1.16. The average Bonchev–Trinajstić information content (AvgIpc) is 2.33. The Balaban J connectivity index is 1.62. The van der Waals surface area contributed by atoms with Gasteiger partial charge in [0.1, 0.15) is 0 Å². The summed E-state index contributed by atoms with van der Waals surface area (Å²) in [5.41, 5.74) is 1.48. The maximum absolute atomic E-state index is 5.23. The van der Waals surface area contributed by atoms with Crippen LogP contribution in [0, 0.1) is 12.3 Å². The van der Waals surface area contributed by atoms with Crippen molar-refractivity contribution in [1.82, 2.24) is 5.32 Å². The van der Waals surface area contributed by atoms with Crippen LogP contribution in [-0.4, -0.2) is 12.6 Å². The highest BCUT2D eigenvalue weighted by atomic mass is 79.9. The van der Waals surface area contributed by atoms with Crippen LogP contribution >= 0.6 is 15.9 Å². The summed E-state index contributed by atoms with van der Waals surface area (Å²) in [6.45, 7) is 1.11. The molecule has 1 saturated carbocycles. The van der Waals surface area contributed by atoms with Crippen molar-refractivity contribution in [3.8, 4) is 12.3 Å². The molecular formula is C16H20BrN. The Bertz CT molecular complexity index is 398. The lowest BCUT2D eigenvalue weighted by Crippen LogP contribution is -2.40. The van der Waals surface area contributed by atoms with Gasteiger partial charge in [0.05, 0.1) is 0 Å². The van der Waals surface area contributed by atoms with Gasteiger partial charge in [0.25, 0.3) is 0 Å². The number of hydrogen-bond acceptors (Lipinski definition) is 1. The Morgan fingerprint density at radius 2 is 1.94 bits per heavy atom. The standard InChI is InChI=1S/C16H20BrN/c1-2-3-4-5-10-18-16-11-14(12-16)13-6-8-15(17)9-7-13/h1,6-9,14,16,18H,3-5,10-12H2. The molecule has 0 saturated heterocycles. The fourth-order valence-corrected chi connectivity index (χ4v) is 2.71. The molecule has 2 heteroatoms. The molecule has 0 heterocycles. The zero-order valence-corrected chi connectivity index (χ0v) is 12.2. The minimum atomic E-state index is 0.712. The lowest BCUT2D eigenvalue weighted by Gasteiger charge is -2.36. The molecule has 1 aromatic carbocycles. The largest absolute Gasteiger partial charge is 0.314 e. The van der Waals surface area contributed by atoms with Crippen LogP contribution in [0.15, 0.2) is 28.7 Å². The van der Waals surface area contributed by atoms with Gasteiger partial charge < -0.3 is 5.32 Å². The van der Waals surface area contributed by atoms with E-state index >= 15 is 0 Å². The van der Waals surface area contributed by atoms with Crippen molar-refractivity contribution in [2.45, 2.75) is 44.1 Å². The molecule has 18 heavy (non-hydrogen) atoms. The van der Waals surface area contributed by atoms with Gasteiger partial charge >= 0.3 is 0 Å². The van der Waals surface area contributed by atoms with Crippen LogP contribution in [-0.2, 0) is 0 Å². The number of hydrogen-bond donors (Lipinski definition) is 1. The first-order valence-corrected chi connectivity index (χ1v) is 7.51. The van der Waals surface area contributed by atoms with E-state index in [1.54, 1.807) is 0 Å². The topological polar surface area (TPSA) is 12.0 Å². The van der Waals surface area contributed by atoms with Crippen molar-refractivity contribution in [3.63, 3.8) is 0 Å². The molecule has 1 N–H and O–H groups in total. The van der Waals surface area contributed by atoms with E-state index in [1.165, 1.54) is 24.8 Å². The van der Waals surface area contributed by atoms with E-state index in [9.17, 15) is 0 Å². The van der Waals surface area contributed by atoms with E-state index < -0.39 is 0 Å². The smallest absolute Gasteiger partial charge is 0.0175 e. The van der Waals surface area contributed by atoms with E-state index in [-0.39, 0.29) is 0 Å². The second kappa shape index (κ2) is 6.97. The third-order valence-corrected chi connectivity index (χ3v) is 4.19. The minimum absolute atomic E-state index is 0.712. The lowest BCUT2D eigenvalue weighted by molar-refractivity contribution is 0.290. The summed E-state index contributed by atoms with van der Waals surface area (Å²) in [7, 11) is 0. The monoisotopic (exact) mass is 305 g/mol. The van der Waals surface area contributed by atoms with Gasteiger partial charge in [-0.15, -0.1) is 12.3 Å². The molecule has 0 spiro atoms. The first-order valence-electron chi connectivity index (χ1n) is 6.72. The maximum Gasteiger partial charge on any atom is 0.0175 e. The molecule has 1 nitrogen and oxygen atoms in total. The van der Waals surface area contributed by atoms with Crippen molar-refractivity contribution >= 4 is 15.9 Å². The zero-order chi connectivity index (χ0) is 12.8. The highest BCUT2D eigenvalue weighted by Gasteiger charge is 2.29. The average molecular weight is 306 g/mol. The highest BCUT2D eigenvalue weighted by Crippen LogP contribution is 2.37. The first-order chi connectivity index (χ1) is 8.79. The summed E-state index contributed by atoms with van der Waals surface area (Å²) in [6, 6.07) is 9.45. The third kappa shape index (κ3) is 3.86. The minimum Gasteiger partial charge on any atom is -0.314 e. The van der Waals surface area contributed by atoms with Crippen LogP contribution in [0.25, 0.3) is 0 Å². The van der Waals surface area contributed by atoms with Crippen molar-refractivity contribution in [3.05, 3.63) is 34.3 Å². The van der Waals surface area contributed by atoms with Gasteiger partial charge in [-0.3, -0.25) is 0 Å². The Labute approximate surface area is 118 Å². The molecule has 0 aromatic heterocycles. The molecule has 0 atom stereocenters. The van der Waals surface area contributed by atoms with E-state index in [0.29, 0.717) is 6.04 Å². The van der Waals surface area contributed by atoms with Gasteiger partial charge in [0.15, 0.2) is 0 Å². The van der Waals surface area contributed by atoms with Crippen molar-refractivity contribution in [2.24, 2.45) is 0 Å². The second-order valence-electron chi connectivity index (χ2n) is 5.03. The summed E-state index contributed by atoms with van der Waals surface area (Å²) >= 11 is 3.47. The maximum atomic E-state index is 5.23. The van der Waals surface area contributed by atoms with Gasteiger partial charge in [0.2, 0.25) is 0 Å². The number of halogens is 1. The van der Waals surface area contributed by atoms with E-state index in [1.807, 2.05) is 0 Å². The normalized spacial score (nSPS) is 22.2. The van der Waals surface area contributed by atoms with Gasteiger partial charge in [0, 0.05) is 16.9 Å². The molecule has 0 aliphatic heterocycles. The van der Waals surface area contributed by atoms with Crippen LogP contribution in [0.3, 0.4) is 0 Å². The number of rotatable bonds is 6. The zero-order valence-electron chi connectivity index (χ0n) is 10.7. The Kier molecular flexibility index (Phi) is 5.28. The molecule has 0 unspecified atom stereocenters. The number of unbranched alkanes of at least 4 members (excludes halogenated alkanes) is 2. The molecule has 1 fully saturated rings. The molecule has 0 amide bonds. The van der Waals surface area contributed by atoms with E-state index in [0.717, 1.165) is 29.8 Å². The van der Waals surface area contributed by atoms with Crippen LogP contribution in [0.5, 0.6) is 0 Å². The fourth-order valence-electron chi connectivity index (χ4n) is 2.45. The lowest BCUT2D eigenvalue weighted by atomic mass is 9.76. The highest BCUT2D eigenvalue weighted by molar-refractivity contribution is 9.10. The number of nitrogens with one attached hydrogen (secondary N) is 1. The Morgan fingerprint density at radius 3 is 2.61 bits per heavy atom. The van der Waals surface area contributed by atoms with E-state index in [4.69, 9.17) is 6.42 Å². The van der Waals surface area contributed by atoms with Crippen molar-refractivity contribution in [1.29, 1.82) is 0 Å². The van der Waals surface area contributed by atoms with Gasteiger partial charge in [-0.25, -0.2) is 0 Å². The number of benzene rings is 1. The Hall–Kier alpha value is -0.780. The van der Waals surface area contributed by atoms with Crippen molar-refractivity contribution < 1.29 is 0 Å². The predicted molar refractivity (Wildman–Crippen MR) is 80.6 cm³/mol. The molecule has 1 aliphatic rings. The third-order valence-electron chi connectivity index (χ3n) is 3.66. The fraction of sp³-hybridized carbons (Fsp3) is 0.500. The SMILES string of the molecule is C#CCCCCNC1CC(c2ccc(Br)cc2)C1. The summed E-state index contributed by atoms with van der Waals surface area (Å²) in [5.74, 6) is 3.44. The molecular weight excluding hydrogens is 286 g/mol. The summed E-state index contributed by atoms with van der Waals surface area (Å²) in [6.07, 6.45) is 11.0. The van der Waals surface area contributed by atoms with Crippen molar-refractivity contribution in [2.75, 3.05) is 6.54 Å². The molecule has 0 bridgehead atoms. The summed E-state index contributed by atoms with van der Waals surface area (Å²) in [4.78, 5) is 0. The Morgan fingerprint density at radius 1 is 1.22 bits per heavy atom. The van der Waals surface area contributed by atoms with Gasteiger partial charge in [-0.2, -0.15) is 0 Å². The van der Waals surface area contributed by atoms with Crippen LogP contribution in [0.1, 0.15) is 43.6 Å². The van der Waals surface area contributed by atoms with E-state index in [2.05, 4.69) is 51.4 Å². The van der Waals surface area contributed by atoms with Crippen LogP contribution in [0.2, 0.25) is 0 Å². The molecule has 2 rings (SSSR count). The number of terminal acetylenes is 1. The molecule has 96 valence electrons. The van der Waals surface area contributed by atoms with Gasteiger partial charge in [-0.05, 0) is 55.8 Å². The first kappa shape index (κ1) is 13.6. The van der Waals surface area contributed by atoms with Crippen LogP contribution in [0.4, 0.5) is 0 Å². The predicted octanol–water partition coefficient (Wildman–Crippen LogP) is 4.09. The van der Waals surface area contributed by atoms with Gasteiger partial charge in [-0.1, -0.05) is 28.1 Å².